The molecule has 31 heavy (non-hydrogen) atoms. The zero-order valence-corrected chi connectivity index (χ0v) is 18.1. The van der Waals surface area contributed by atoms with Gasteiger partial charge in [0.15, 0.2) is 0 Å². The standard InChI is InChI=1S/C29H24N2/c1-19-14-25-12-13-26-16-27(18-31-29(26)28(25)30-17-19)24-10-8-22(9-11-24)6-7-23-5-4-20(2)21(3)15-23/h4-18H,1-3H3/b7-6+. The maximum atomic E-state index is 4.75. The fraction of sp³-hybridized carbons (Fsp3) is 0.103. The van der Waals surface area contributed by atoms with Gasteiger partial charge < -0.3 is 0 Å². The molecule has 0 atom stereocenters. The van der Waals surface area contributed by atoms with E-state index in [0.29, 0.717) is 0 Å². The Kier molecular flexibility index (Phi) is 4.83. The van der Waals surface area contributed by atoms with E-state index in [-0.39, 0.29) is 0 Å². The highest BCUT2D eigenvalue weighted by molar-refractivity contribution is 6.03. The maximum absolute atomic E-state index is 4.75. The lowest BCUT2D eigenvalue weighted by Gasteiger charge is -2.07. The van der Waals surface area contributed by atoms with Gasteiger partial charge in [0, 0.05) is 28.7 Å². The van der Waals surface area contributed by atoms with Crippen molar-refractivity contribution in [2.45, 2.75) is 20.8 Å². The Hall–Kier alpha value is -3.78. The smallest absolute Gasteiger partial charge is 0.0964 e. The zero-order valence-electron chi connectivity index (χ0n) is 18.1. The van der Waals surface area contributed by atoms with Crippen LogP contribution in [0.3, 0.4) is 0 Å². The minimum Gasteiger partial charge on any atom is -0.254 e. The number of aryl methyl sites for hydroxylation is 3. The van der Waals surface area contributed by atoms with Gasteiger partial charge in [-0.2, -0.15) is 0 Å². The molecule has 2 aromatic heterocycles. The summed E-state index contributed by atoms with van der Waals surface area (Å²) in [4.78, 5) is 9.36. The van der Waals surface area contributed by atoms with E-state index < -0.39 is 0 Å². The summed E-state index contributed by atoms with van der Waals surface area (Å²) in [5.41, 5.74) is 10.4. The summed E-state index contributed by atoms with van der Waals surface area (Å²) >= 11 is 0. The van der Waals surface area contributed by atoms with Crippen LogP contribution in [0.2, 0.25) is 0 Å². The fourth-order valence-electron chi connectivity index (χ4n) is 3.91. The topological polar surface area (TPSA) is 25.8 Å². The summed E-state index contributed by atoms with van der Waals surface area (Å²) in [6.07, 6.45) is 8.18. The SMILES string of the molecule is Cc1cnc2c(ccc3cc(-c4ccc(/C=C/c5ccc(C)c(C)c5)cc4)cnc32)c1. The van der Waals surface area contributed by atoms with Gasteiger partial charge in [-0.25, -0.2) is 0 Å². The summed E-state index contributed by atoms with van der Waals surface area (Å²) in [7, 11) is 0. The Morgan fingerprint density at radius 3 is 1.94 bits per heavy atom. The van der Waals surface area contributed by atoms with Crippen LogP contribution in [-0.4, -0.2) is 9.97 Å². The van der Waals surface area contributed by atoms with Gasteiger partial charge in [-0.15, -0.1) is 0 Å². The van der Waals surface area contributed by atoms with Crippen molar-refractivity contribution in [1.29, 1.82) is 0 Å². The van der Waals surface area contributed by atoms with Crippen molar-refractivity contribution in [3.8, 4) is 11.1 Å². The molecule has 0 N–H and O–H groups in total. The average molecular weight is 401 g/mol. The molecular formula is C29H24N2. The van der Waals surface area contributed by atoms with Gasteiger partial charge in [-0.3, -0.25) is 9.97 Å². The number of nitrogens with zero attached hydrogens (tertiary/aromatic N) is 2. The predicted molar refractivity (Wildman–Crippen MR) is 132 cm³/mol. The molecule has 0 fully saturated rings. The van der Waals surface area contributed by atoms with E-state index in [1.54, 1.807) is 0 Å². The molecule has 0 spiro atoms. The molecule has 3 aromatic carbocycles. The Morgan fingerprint density at radius 2 is 1.19 bits per heavy atom. The number of benzene rings is 3. The third kappa shape index (κ3) is 3.85. The van der Waals surface area contributed by atoms with Crippen molar-refractivity contribution in [3.05, 3.63) is 107 Å². The monoisotopic (exact) mass is 400 g/mol. The summed E-state index contributed by atoms with van der Waals surface area (Å²) < 4.78 is 0. The molecule has 2 heteroatoms. The van der Waals surface area contributed by atoms with Crippen molar-refractivity contribution in [3.63, 3.8) is 0 Å². The normalized spacial score (nSPS) is 11.6. The zero-order chi connectivity index (χ0) is 21.4. The molecule has 0 bridgehead atoms. The molecule has 5 rings (SSSR count). The number of fused-ring (bicyclic) bond motifs is 3. The molecule has 2 heterocycles. The molecule has 2 nitrogen and oxygen atoms in total. The lowest BCUT2D eigenvalue weighted by molar-refractivity contribution is 1.32. The number of aromatic nitrogens is 2. The summed E-state index contributed by atoms with van der Waals surface area (Å²) in [6, 6.07) is 23.8. The summed E-state index contributed by atoms with van der Waals surface area (Å²) in [6.45, 7) is 6.36. The number of rotatable bonds is 3. The van der Waals surface area contributed by atoms with Crippen LogP contribution in [-0.2, 0) is 0 Å². The van der Waals surface area contributed by atoms with E-state index in [9.17, 15) is 0 Å². The first-order valence-corrected chi connectivity index (χ1v) is 10.6. The van der Waals surface area contributed by atoms with E-state index in [4.69, 9.17) is 4.98 Å². The van der Waals surface area contributed by atoms with Crippen LogP contribution in [0, 0.1) is 20.8 Å². The molecule has 0 radical (unpaired) electrons. The fourth-order valence-corrected chi connectivity index (χ4v) is 3.91. The molecular weight excluding hydrogens is 376 g/mol. The van der Waals surface area contributed by atoms with Crippen molar-refractivity contribution < 1.29 is 0 Å². The Balaban J connectivity index is 1.43. The first-order valence-electron chi connectivity index (χ1n) is 10.6. The molecule has 5 aromatic rings. The van der Waals surface area contributed by atoms with Gasteiger partial charge in [0.05, 0.1) is 11.0 Å². The largest absolute Gasteiger partial charge is 0.254 e. The Labute approximate surface area is 182 Å². The summed E-state index contributed by atoms with van der Waals surface area (Å²) in [5.74, 6) is 0. The lowest BCUT2D eigenvalue weighted by Crippen LogP contribution is -1.88. The second-order valence-electron chi connectivity index (χ2n) is 8.24. The van der Waals surface area contributed by atoms with Crippen LogP contribution in [0.4, 0.5) is 0 Å². The van der Waals surface area contributed by atoms with Gasteiger partial charge in [-0.1, -0.05) is 66.7 Å². The number of hydrogen-bond donors (Lipinski definition) is 0. The van der Waals surface area contributed by atoms with Gasteiger partial charge in [0.25, 0.3) is 0 Å². The predicted octanol–water partition coefficient (Wildman–Crippen LogP) is 7.55. The van der Waals surface area contributed by atoms with E-state index in [1.165, 1.54) is 22.3 Å². The molecule has 0 aliphatic carbocycles. The average Bonchev–Trinajstić information content (AvgIpc) is 2.79. The summed E-state index contributed by atoms with van der Waals surface area (Å²) in [5, 5.41) is 2.24. The van der Waals surface area contributed by atoms with Crippen molar-refractivity contribution in [2.75, 3.05) is 0 Å². The molecule has 0 unspecified atom stereocenters. The van der Waals surface area contributed by atoms with E-state index >= 15 is 0 Å². The van der Waals surface area contributed by atoms with Crippen molar-refractivity contribution >= 4 is 34.0 Å². The second-order valence-corrected chi connectivity index (χ2v) is 8.24. The lowest BCUT2D eigenvalue weighted by atomic mass is 10.0. The Bertz CT molecular complexity index is 1440. The minimum atomic E-state index is 0.953. The van der Waals surface area contributed by atoms with E-state index in [2.05, 4.69) is 105 Å². The van der Waals surface area contributed by atoms with Crippen molar-refractivity contribution in [1.82, 2.24) is 9.97 Å². The molecule has 0 amide bonds. The van der Waals surface area contributed by atoms with Gasteiger partial charge in [-0.05, 0) is 66.3 Å². The quantitative estimate of drug-likeness (QED) is 0.231. The van der Waals surface area contributed by atoms with Crippen molar-refractivity contribution in [2.24, 2.45) is 0 Å². The molecule has 0 aliphatic heterocycles. The second kappa shape index (κ2) is 7.81. The van der Waals surface area contributed by atoms with Crippen LogP contribution in [0.25, 0.3) is 45.1 Å². The molecule has 0 saturated carbocycles. The van der Waals surface area contributed by atoms with Crippen LogP contribution in [0.5, 0.6) is 0 Å². The molecule has 0 aliphatic rings. The Morgan fingerprint density at radius 1 is 0.548 bits per heavy atom. The van der Waals surface area contributed by atoms with Crippen LogP contribution >= 0.6 is 0 Å². The first-order chi connectivity index (χ1) is 15.1. The van der Waals surface area contributed by atoms with Crippen LogP contribution in [0.15, 0.2) is 79.1 Å². The first kappa shape index (κ1) is 19.2. The maximum Gasteiger partial charge on any atom is 0.0964 e. The minimum absolute atomic E-state index is 0.953. The van der Waals surface area contributed by atoms with E-state index in [1.807, 2.05) is 12.4 Å². The van der Waals surface area contributed by atoms with Crippen LogP contribution < -0.4 is 0 Å². The van der Waals surface area contributed by atoms with Crippen LogP contribution in [0.1, 0.15) is 27.8 Å². The molecule has 150 valence electrons. The van der Waals surface area contributed by atoms with Gasteiger partial charge in [0.1, 0.15) is 0 Å². The highest BCUT2D eigenvalue weighted by atomic mass is 14.7. The highest BCUT2D eigenvalue weighted by Gasteiger charge is 2.06. The van der Waals surface area contributed by atoms with Gasteiger partial charge >= 0.3 is 0 Å². The third-order valence-corrected chi connectivity index (χ3v) is 5.88. The third-order valence-electron chi connectivity index (χ3n) is 5.88. The highest BCUT2D eigenvalue weighted by Crippen LogP contribution is 2.27. The number of pyridine rings is 2. The van der Waals surface area contributed by atoms with Gasteiger partial charge in [0.2, 0.25) is 0 Å². The van der Waals surface area contributed by atoms with E-state index in [0.717, 1.165) is 38.5 Å². The number of hydrogen-bond acceptors (Lipinski definition) is 2. The molecule has 0 saturated heterocycles.